The Morgan fingerprint density at radius 2 is 2.41 bits per heavy atom. The Kier molecular flexibility index (Phi) is 2.83. The van der Waals surface area contributed by atoms with Crippen molar-refractivity contribution in [2.45, 2.75) is 25.4 Å². The van der Waals surface area contributed by atoms with E-state index in [0.717, 1.165) is 0 Å². The van der Waals surface area contributed by atoms with Gasteiger partial charge in [0.15, 0.2) is 5.60 Å². The maximum atomic E-state index is 13.0. The first kappa shape index (κ1) is 11.6. The number of carboxylic acid groups (broad SMARTS) is 1. The van der Waals surface area contributed by atoms with Gasteiger partial charge in [0.05, 0.1) is 12.1 Å². The van der Waals surface area contributed by atoms with E-state index in [2.05, 4.69) is 5.16 Å². The van der Waals surface area contributed by atoms with Gasteiger partial charge in [0.1, 0.15) is 5.82 Å². The smallest absolute Gasteiger partial charge is 0.307 e. The van der Waals surface area contributed by atoms with E-state index in [0.29, 0.717) is 17.7 Å². The lowest BCUT2D eigenvalue weighted by molar-refractivity contribution is -0.143. The van der Waals surface area contributed by atoms with Crippen molar-refractivity contribution in [2.24, 2.45) is 5.16 Å². The van der Waals surface area contributed by atoms with Crippen LogP contribution in [0.5, 0.6) is 0 Å². The number of halogens is 1. The number of carboxylic acids is 1. The molecule has 0 amide bonds. The van der Waals surface area contributed by atoms with Crippen LogP contribution in [0.4, 0.5) is 4.39 Å². The molecule has 1 atom stereocenters. The van der Waals surface area contributed by atoms with E-state index in [1.165, 1.54) is 12.1 Å². The van der Waals surface area contributed by atoms with Crippen LogP contribution >= 0.6 is 0 Å². The summed E-state index contributed by atoms with van der Waals surface area (Å²) in [6.45, 7) is 1.68. The minimum absolute atomic E-state index is 0.130. The highest BCUT2D eigenvalue weighted by molar-refractivity contribution is 6.01. The third-order valence-corrected chi connectivity index (χ3v) is 2.60. The quantitative estimate of drug-likeness (QED) is 0.876. The van der Waals surface area contributed by atoms with Crippen LogP contribution < -0.4 is 0 Å². The Labute approximate surface area is 97.7 Å². The van der Waals surface area contributed by atoms with Gasteiger partial charge < -0.3 is 9.94 Å². The van der Waals surface area contributed by atoms with Crippen LogP contribution in [-0.4, -0.2) is 22.4 Å². The molecule has 2 rings (SSSR count). The SMILES string of the molecule is CC1(CC(=O)O)CC(c2cccc(F)c2)=NO1. The van der Waals surface area contributed by atoms with Crippen LogP contribution in [0.3, 0.4) is 0 Å². The molecule has 4 nitrogen and oxygen atoms in total. The van der Waals surface area contributed by atoms with E-state index in [1.54, 1.807) is 19.1 Å². The Morgan fingerprint density at radius 1 is 1.65 bits per heavy atom. The Balaban J connectivity index is 2.14. The number of rotatable bonds is 3. The number of oxime groups is 1. The number of benzene rings is 1. The second kappa shape index (κ2) is 4.16. The molecule has 1 heterocycles. The van der Waals surface area contributed by atoms with Gasteiger partial charge in [0.25, 0.3) is 0 Å². The molecule has 0 bridgehead atoms. The Hall–Kier alpha value is -1.91. The number of aliphatic carboxylic acids is 1. The van der Waals surface area contributed by atoms with Gasteiger partial charge in [-0.2, -0.15) is 0 Å². The molecule has 1 aliphatic rings. The van der Waals surface area contributed by atoms with Crippen molar-refractivity contribution in [3.05, 3.63) is 35.6 Å². The monoisotopic (exact) mass is 237 g/mol. The molecule has 1 N–H and O–H groups in total. The molecule has 90 valence electrons. The highest BCUT2D eigenvalue weighted by Crippen LogP contribution is 2.29. The summed E-state index contributed by atoms with van der Waals surface area (Å²) in [5.41, 5.74) is 0.361. The molecule has 0 radical (unpaired) electrons. The van der Waals surface area contributed by atoms with Crippen LogP contribution in [0.25, 0.3) is 0 Å². The van der Waals surface area contributed by atoms with Crippen LogP contribution in [-0.2, 0) is 9.63 Å². The summed E-state index contributed by atoms with van der Waals surface area (Å²) in [5, 5.41) is 12.6. The highest BCUT2D eigenvalue weighted by Gasteiger charge is 2.37. The average Bonchev–Trinajstić information content (AvgIpc) is 2.59. The summed E-state index contributed by atoms with van der Waals surface area (Å²) >= 11 is 0. The molecule has 1 unspecified atom stereocenters. The summed E-state index contributed by atoms with van der Waals surface area (Å²) in [4.78, 5) is 15.8. The predicted octanol–water partition coefficient (Wildman–Crippen LogP) is 2.18. The zero-order valence-electron chi connectivity index (χ0n) is 9.31. The van der Waals surface area contributed by atoms with Crippen molar-refractivity contribution in [2.75, 3.05) is 0 Å². The first-order valence-corrected chi connectivity index (χ1v) is 5.21. The largest absolute Gasteiger partial charge is 0.481 e. The third-order valence-electron chi connectivity index (χ3n) is 2.60. The second-order valence-electron chi connectivity index (χ2n) is 4.34. The van der Waals surface area contributed by atoms with E-state index in [1.807, 2.05) is 0 Å². The fraction of sp³-hybridized carbons (Fsp3) is 0.333. The predicted molar refractivity (Wildman–Crippen MR) is 59.3 cm³/mol. The zero-order chi connectivity index (χ0) is 12.5. The number of nitrogens with zero attached hydrogens (tertiary/aromatic N) is 1. The van der Waals surface area contributed by atoms with Gasteiger partial charge in [-0.15, -0.1) is 0 Å². The highest BCUT2D eigenvalue weighted by atomic mass is 19.1. The Bertz CT molecular complexity index is 486. The first-order valence-electron chi connectivity index (χ1n) is 5.21. The van der Waals surface area contributed by atoms with Gasteiger partial charge in [-0.1, -0.05) is 17.3 Å². The van der Waals surface area contributed by atoms with Crippen LogP contribution in [0, 0.1) is 5.82 Å². The normalized spacial score (nSPS) is 23.1. The topological polar surface area (TPSA) is 58.9 Å². The second-order valence-corrected chi connectivity index (χ2v) is 4.34. The number of hydrogen-bond acceptors (Lipinski definition) is 3. The van der Waals surface area contributed by atoms with Crippen LogP contribution in [0.15, 0.2) is 29.4 Å². The van der Waals surface area contributed by atoms with Crippen molar-refractivity contribution in [3.8, 4) is 0 Å². The summed E-state index contributed by atoms with van der Waals surface area (Å²) in [6, 6.07) is 6.00. The lowest BCUT2D eigenvalue weighted by Gasteiger charge is -2.18. The zero-order valence-corrected chi connectivity index (χ0v) is 9.31. The summed E-state index contributed by atoms with van der Waals surface area (Å²) < 4.78 is 13.0. The minimum atomic E-state index is -0.941. The molecule has 1 aromatic rings. The molecular formula is C12H12FNO3. The first-order chi connectivity index (χ1) is 7.98. The molecule has 0 saturated carbocycles. The lowest BCUT2D eigenvalue weighted by atomic mass is 9.93. The van der Waals surface area contributed by atoms with Gasteiger partial charge in [-0.05, 0) is 19.1 Å². The van der Waals surface area contributed by atoms with E-state index in [-0.39, 0.29) is 12.2 Å². The molecule has 1 aromatic carbocycles. The molecule has 0 aromatic heterocycles. The summed E-state index contributed by atoms with van der Waals surface area (Å²) in [6.07, 6.45) is 0.234. The van der Waals surface area contributed by atoms with E-state index >= 15 is 0 Å². The third kappa shape index (κ3) is 2.61. The summed E-state index contributed by atoms with van der Waals surface area (Å²) in [5.74, 6) is -1.29. The van der Waals surface area contributed by atoms with Gasteiger partial charge in [-0.25, -0.2) is 4.39 Å². The average molecular weight is 237 g/mol. The molecule has 17 heavy (non-hydrogen) atoms. The van der Waals surface area contributed by atoms with E-state index in [9.17, 15) is 9.18 Å². The van der Waals surface area contributed by atoms with Crippen molar-refractivity contribution < 1.29 is 19.1 Å². The number of carbonyl (C=O) groups is 1. The van der Waals surface area contributed by atoms with Gasteiger partial charge >= 0.3 is 5.97 Å². The van der Waals surface area contributed by atoms with Gasteiger partial charge in [0.2, 0.25) is 0 Å². The van der Waals surface area contributed by atoms with Crippen molar-refractivity contribution in [1.82, 2.24) is 0 Å². The molecule has 1 aliphatic heterocycles. The summed E-state index contributed by atoms with van der Waals surface area (Å²) in [7, 11) is 0. The minimum Gasteiger partial charge on any atom is -0.481 e. The fourth-order valence-electron chi connectivity index (χ4n) is 1.82. The molecule has 0 fully saturated rings. The van der Waals surface area contributed by atoms with E-state index in [4.69, 9.17) is 9.94 Å². The standard InChI is InChI=1S/C12H12FNO3/c1-12(7-11(15)16)6-10(14-17-12)8-3-2-4-9(13)5-8/h2-5H,6-7H2,1H3,(H,15,16). The van der Waals surface area contributed by atoms with Gasteiger partial charge in [0, 0.05) is 12.0 Å². The Morgan fingerprint density at radius 3 is 3.06 bits per heavy atom. The fourth-order valence-corrected chi connectivity index (χ4v) is 1.82. The maximum Gasteiger partial charge on any atom is 0.307 e. The van der Waals surface area contributed by atoms with Crippen molar-refractivity contribution >= 4 is 11.7 Å². The van der Waals surface area contributed by atoms with Crippen molar-refractivity contribution in [3.63, 3.8) is 0 Å². The van der Waals surface area contributed by atoms with Crippen molar-refractivity contribution in [1.29, 1.82) is 0 Å². The van der Waals surface area contributed by atoms with Gasteiger partial charge in [-0.3, -0.25) is 4.79 Å². The molecular weight excluding hydrogens is 225 g/mol. The molecule has 0 spiro atoms. The van der Waals surface area contributed by atoms with Crippen LogP contribution in [0.2, 0.25) is 0 Å². The molecule has 0 aliphatic carbocycles. The molecule has 0 saturated heterocycles. The maximum absolute atomic E-state index is 13.0. The number of hydrogen-bond donors (Lipinski definition) is 1. The lowest BCUT2D eigenvalue weighted by Crippen LogP contribution is -2.28. The van der Waals surface area contributed by atoms with Crippen LogP contribution in [0.1, 0.15) is 25.3 Å². The molecule has 5 heteroatoms. The van der Waals surface area contributed by atoms with E-state index < -0.39 is 11.6 Å².